The van der Waals surface area contributed by atoms with Gasteiger partial charge in [0.15, 0.2) is 0 Å². The molecule has 0 saturated carbocycles. The van der Waals surface area contributed by atoms with Gasteiger partial charge in [0.2, 0.25) is 5.91 Å². The van der Waals surface area contributed by atoms with Crippen LogP contribution in [0.4, 0.5) is 4.79 Å². The molecule has 0 aromatic rings. The highest BCUT2D eigenvalue weighted by Crippen LogP contribution is 2.12. The van der Waals surface area contributed by atoms with Crippen molar-refractivity contribution >= 4 is 12.0 Å². The molecule has 20 heavy (non-hydrogen) atoms. The lowest BCUT2D eigenvalue weighted by Gasteiger charge is -2.26. The molecule has 2 N–H and O–H groups in total. The Morgan fingerprint density at radius 1 is 1.55 bits per heavy atom. The molecule has 0 radical (unpaired) electrons. The number of aliphatic hydroxyl groups excluding tert-OH is 1. The number of amides is 2. The Morgan fingerprint density at radius 2 is 2.20 bits per heavy atom. The largest absolute Gasteiger partial charge is 0.444 e. The number of aliphatic hydroxyl groups is 1. The average Bonchev–Trinajstić information content (AvgIpc) is 2.54. The Labute approximate surface area is 119 Å². The monoisotopic (exact) mass is 284 g/mol. The second kappa shape index (κ2) is 6.74. The molecule has 0 aromatic heterocycles. The fourth-order valence-corrected chi connectivity index (χ4v) is 1.99. The lowest BCUT2D eigenvalue weighted by atomic mass is 10.2. The minimum absolute atomic E-state index is 0.0589. The molecule has 6 heteroatoms. The summed E-state index contributed by atoms with van der Waals surface area (Å²) < 4.78 is 5.18. The van der Waals surface area contributed by atoms with Gasteiger partial charge in [0, 0.05) is 25.8 Å². The van der Waals surface area contributed by atoms with E-state index in [1.807, 2.05) is 6.92 Å². The SMILES string of the molecule is CC1=CC(=O)N(C[C@H](CCO)NC(=O)OC(C)(C)C)C1. The van der Waals surface area contributed by atoms with Crippen molar-refractivity contribution in [2.45, 2.75) is 45.8 Å². The van der Waals surface area contributed by atoms with Gasteiger partial charge >= 0.3 is 6.09 Å². The van der Waals surface area contributed by atoms with Gasteiger partial charge in [-0.2, -0.15) is 0 Å². The van der Waals surface area contributed by atoms with Crippen LogP contribution in [0.3, 0.4) is 0 Å². The van der Waals surface area contributed by atoms with Gasteiger partial charge < -0.3 is 20.1 Å². The van der Waals surface area contributed by atoms with Crippen LogP contribution in [0.2, 0.25) is 0 Å². The van der Waals surface area contributed by atoms with E-state index in [1.54, 1.807) is 31.7 Å². The number of rotatable bonds is 5. The van der Waals surface area contributed by atoms with Crippen LogP contribution in [0.15, 0.2) is 11.6 Å². The number of nitrogens with zero attached hydrogens (tertiary/aromatic N) is 1. The van der Waals surface area contributed by atoms with Crippen LogP contribution in [0, 0.1) is 0 Å². The molecular formula is C14H24N2O4. The molecule has 6 nitrogen and oxygen atoms in total. The summed E-state index contributed by atoms with van der Waals surface area (Å²) in [6.07, 6.45) is 1.43. The standard InChI is InChI=1S/C14H24N2O4/c1-10-7-12(18)16(8-10)9-11(5-6-17)15-13(19)20-14(2,3)4/h7,11,17H,5-6,8-9H2,1-4H3,(H,15,19)/t11-/m0/s1. The fraction of sp³-hybridized carbons (Fsp3) is 0.714. The Bertz CT molecular complexity index is 398. The van der Waals surface area contributed by atoms with Crippen LogP contribution < -0.4 is 5.32 Å². The van der Waals surface area contributed by atoms with Crippen molar-refractivity contribution in [2.24, 2.45) is 0 Å². The molecule has 0 bridgehead atoms. The lowest BCUT2D eigenvalue weighted by molar-refractivity contribution is -0.124. The molecule has 0 aromatic carbocycles. The molecule has 2 amide bonds. The molecule has 114 valence electrons. The smallest absolute Gasteiger partial charge is 0.407 e. The zero-order chi connectivity index (χ0) is 15.3. The topological polar surface area (TPSA) is 78.9 Å². The van der Waals surface area contributed by atoms with Crippen LogP contribution >= 0.6 is 0 Å². The summed E-state index contributed by atoms with van der Waals surface area (Å²) in [4.78, 5) is 25.1. The number of alkyl carbamates (subject to hydrolysis) is 1. The van der Waals surface area contributed by atoms with E-state index in [9.17, 15) is 9.59 Å². The number of nitrogens with one attached hydrogen (secondary N) is 1. The Kier molecular flexibility index (Phi) is 5.56. The third-order valence-electron chi connectivity index (χ3n) is 2.76. The molecule has 1 atom stereocenters. The van der Waals surface area contributed by atoms with Crippen molar-refractivity contribution in [2.75, 3.05) is 19.7 Å². The van der Waals surface area contributed by atoms with E-state index in [2.05, 4.69) is 5.32 Å². The Balaban J connectivity index is 2.53. The summed E-state index contributed by atoms with van der Waals surface area (Å²) in [5, 5.41) is 11.8. The van der Waals surface area contributed by atoms with Gasteiger partial charge in [-0.15, -0.1) is 0 Å². The summed E-state index contributed by atoms with van der Waals surface area (Å²) in [6.45, 7) is 8.11. The van der Waals surface area contributed by atoms with E-state index < -0.39 is 11.7 Å². The fourth-order valence-electron chi connectivity index (χ4n) is 1.99. The van der Waals surface area contributed by atoms with Gasteiger partial charge in [-0.1, -0.05) is 0 Å². The molecule has 1 heterocycles. The molecular weight excluding hydrogens is 260 g/mol. The first-order valence-corrected chi connectivity index (χ1v) is 6.77. The highest BCUT2D eigenvalue weighted by Gasteiger charge is 2.25. The van der Waals surface area contributed by atoms with Crippen molar-refractivity contribution in [1.29, 1.82) is 0 Å². The van der Waals surface area contributed by atoms with E-state index in [0.717, 1.165) is 5.57 Å². The van der Waals surface area contributed by atoms with Crippen LogP contribution in [0.5, 0.6) is 0 Å². The predicted molar refractivity (Wildman–Crippen MR) is 75.2 cm³/mol. The number of hydrogen-bond donors (Lipinski definition) is 2. The van der Waals surface area contributed by atoms with Crippen molar-refractivity contribution in [3.63, 3.8) is 0 Å². The number of carbonyl (C=O) groups excluding carboxylic acids is 2. The first-order valence-electron chi connectivity index (χ1n) is 6.77. The summed E-state index contributed by atoms with van der Waals surface area (Å²) in [5.41, 5.74) is 0.421. The maximum atomic E-state index is 11.7. The minimum Gasteiger partial charge on any atom is -0.444 e. The van der Waals surface area contributed by atoms with Crippen LogP contribution in [-0.4, -0.2) is 53.3 Å². The normalized spacial score (nSPS) is 16.9. The van der Waals surface area contributed by atoms with Crippen LogP contribution in [0.1, 0.15) is 34.1 Å². The zero-order valence-corrected chi connectivity index (χ0v) is 12.6. The molecule has 0 saturated heterocycles. The maximum Gasteiger partial charge on any atom is 0.407 e. The van der Waals surface area contributed by atoms with Gasteiger partial charge in [0.05, 0.1) is 6.04 Å². The van der Waals surface area contributed by atoms with Gasteiger partial charge in [-0.05, 0) is 39.7 Å². The first kappa shape index (κ1) is 16.5. The quantitative estimate of drug-likeness (QED) is 0.791. The predicted octanol–water partition coefficient (Wildman–Crippen LogP) is 1.05. The second-order valence-corrected chi connectivity index (χ2v) is 6.06. The molecule has 0 fully saturated rings. The summed E-state index contributed by atoms with van der Waals surface area (Å²) in [7, 11) is 0. The van der Waals surface area contributed by atoms with Gasteiger partial charge in [-0.3, -0.25) is 4.79 Å². The summed E-state index contributed by atoms with van der Waals surface area (Å²) >= 11 is 0. The number of ether oxygens (including phenoxy) is 1. The van der Waals surface area contributed by atoms with E-state index in [1.165, 1.54) is 0 Å². The maximum absolute atomic E-state index is 11.7. The minimum atomic E-state index is -0.574. The molecule has 1 aliphatic heterocycles. The van der Waals surface area contributed by atoms with E-state index >= 15 is 0 Å². The van der Waals surface area contributed by atoms with Gasteiger partial charge in [0.25, 0.3) is 0 Å². The highest BCUT2D eigenvalue weighted by atomic mass is 16.6. The molecule has 0 unspecified atom stereocenters. The van der Waals surface area contributed by atoms with Crippen LogP contribution in [-0.2, 0) is 9.53 Å². The van der Waals surface area contributed by atoms with Crippen molar-refractivity contribution in [3.05, 3.63) is 11.6 Å². The van der Waals surface area contributed by atoms with Crippen LogP contribution in [0.25, 0.3) is 0 Å². The highest BCUT2D eigenvalue weighted by molar-refractivity contribution is 5.91. The number of carbonyl (C=O) groups is 2. The van der Waals surface area contributed by atoms with Crippen molar-refractivity contribution < 1.29 is 19.4 Å². The zero-order valence-electron chi connectivity index (χ0n) is 12.6. The van der Waals surface area contributed by atoms with Gasteiger partial charge in [0.1, 0.15) is 5.60 Å². The van der Waals surface area contributed by atoms with E-state index in [4.69, 9.17) is 9.84 Å². The van der Waals surface area contributed by atoms with E-state index in [-0.39, 0.29) is 18.6 Å². The Hall–Kier alpha value is -1.56. The molecule has 0 spiro atoms. The van der Waals surface area contributed by atoms with Crippen molar-refractivity contribution in [3.8, 4) is 0 Å². The van der Waals surface area contributed by atoms with Crippen molar-refractivity contribution in [1.82, 2.24) is 10.2 Å². The Morgan fingerprint density at radius 3 is 2.65 bits per heavy atom. The average molecular weight is 284 g/mol. The second-order valence-electron chi connectivity index (χ2n) is 6.06. The van der Waals surface area contributed by atoms with E-state index in [0.29, 0.717) is 19.5 Å². The van der Waals surface area contributed by atoms with Gasteiger partial charge in [-0.25, -0.2) is 4.79 Å². The third kappa shape index (κ3) is 5.61. The molecule has 0 aliphatic carbocycles. The molecule has 1 rings (SSSR count). The lowest BCUT2D eigenvalue weighted by Crippen LogP contribution is -2.46. The number of hydrogen-bond acceptors (Lipinski definition) is 4. The molecule has 1 aliphatic rings. The third-order valence-corrected chi connectivity index (χ3v) is 2.76. The first-order chi connectivity index (χ1) is 9.21. The summed E-state index contributed by atoms with van der Waals surface area (Å²) in [5.74, 6) is -0.0589. The summed E-state index contributed by atoms with van der Waals surface area (Å²) in [6, 6.07) is -0.321.